The number of piperidine rings is 1. The van der Waals surface area contributed by atoms with Gasteiger partial charge in [0.2, 0.25) is 0 Å². The van der Waals surface area contributed by atoms with Crippen molar-refractivity contribution in [1.29, 1.82) is 0 Å². The molecule has 1 aromatic heterocycles. The Morgan fingerprint density at radius 2 is 2.17 bits per heavy atom. The van der Waals surface area contributed by atoms with Gasteiger partial charge in [0.05, 0.1) is 10.5 Å². The minimum Gasteiger partial charge on any atom is -0.341 e. The number of nitrogens with zero attached hydrogens (tertiary/aromatic N) is 1. The lowest BCUT2D eigenvalue weighted by Crippen LogP contribution is -2.31. The molecule has 0 spiro atoms. The van der Waals surface area contributed by atoms with Crippen LogP contribution in [0.15, 0.2) is 18.3 Å². The lowest BCUT2D eigenvalue weighted by atomic mass is 10.1. The van der Waals surface area contributed by atoms with Gasteiger partial charge in [-0.2, -0.15) is 0 Å². The van der Waals surface area contributed by atoms with Crippen molar-refractivity contribution in [1.82, 2.24) is 9.88 Å². The molecule has 2 nitrogen and oxygen atoms in total. The lowest BCUT2D eigenvalue weighted by Gasteiger charge is -2.25. The van der Waals surface area contributed by atoms with Crippen molar-refractivity contribution in [3.63, 3.8) is 0 Å². The van der Waals surface area contributed by atoms with E-state index in [0.717, 1.165) is 25.9 Å². The Labute approximate surface area is 109 Å². The summed E-state index contributed by atoms with van der Waals surface area (Å²) < 4.78 is 29.4. The van der Waals surface area contributed by atoms with Crippen LogP contribution in [0.25, 0.3) is 10.9 Å². The molecule has 1 unspecified atom stereocenters. The Balaban J connectivity index is 2.15. The number of fused-ring (bicyclic) bond motifs is 1. The Morgan fingerprint density at radius 1 is 1.33 bits per heavy atom. The zero-order chi connectivity index (χ0) is 12.7. The van der Waals surface area contributed by atoms with E-state index >= 15 is 0 Å². The number of benzene rings is 1. The van der Waals surface area contributed by atoms with Gasteiger partial charge in [0, 0.05) is 24.2 Å². The summed E-state index contributed by atoms with van der Waals surface area (Å²) in [4.78, 5) is 0. The van der Waals surface area contributed by atoms with E-state index in [0.29, 0.717) is 10.9 Å². The number of halogens is 3. The van der Waals surface area contributed by atoms with Crippen molar-refractivity contribution >= 4 is 22.5 Å². The second-order valence-corrected chi connectivity index (χ2v) is 5.05. The third kappa shape index (κ3) is 1.80. The SMILES string of the molecule is Fc1c(Cl)cc2ccn(C3CCCNC3)c2c1F. The highest BCUT2D eigenvalue weighted by molar-refractivity contribution is 6.31. The number of hydrogen-bond acceptors (Lipinski definition) is 1. The topological polar surface area (TPSA) is 17.0 Å². The minimum absolute atomic E-state index is 0.167. The number of rotatable bonds is 1. The molecule has 0 saturated carbocycles. The van der Waals surface area contributed by atoms with Gasteiger partial charge in [-0.15, -0.1) is 0 Å². The average Bonchev–Trinajstić information content (AvgIpc) is 2.81. The van der Waals surface area contributed by atoms with Crippen LogP contribution in [0.5, 0.6) is 0 Å². The van der Waals surface area contributed by atoms with Gasteiger partial charge in [-0.25, -0.2) is 8.78 Å². The zero-order valence-electron chi connectivity index (χ0n) is 9.72. The smallest absolute Gasteiger partial charge is 0.184 e. The minimum atomic E-state index is -0.965. The standard InChI is InChI=1S/C13H13ClF2N2/c14-10-6-8-3-5-18(9-2-1-4-17-7-9)13(8)12(16)11(10)15/h3,5-6,9,17H,1-2,4,7H2. The van der Waals surface area contributed by atoms with Gasteiger partial charge in [-0.1, -0.05) is 11.6 Å². The number of nitrogens with one attached hydrogen (secondary N) is 1. The molecule has 1 fully saturated rings. The fraction of sp³-hybridized carbons (Fsp3) is 0.385. The molecule has 2 aromatic rings. The normalized spacial score (nSPS) is 20.5. The molecule has 1 saturated heterocycles. The summed E-state index contributed by atoms with van der Waals surface area (Å²) in [6.45, 7) is 1.77. The number of hydrogen-bond donors (Lipinski definition) is 1. The summed E-state index contributed by atoms with van der Waals surface area (Å²) >= 11 is 5.65. The summed E-state index contributed by atoms with van der Waals surface area (Å²) in [6, 6.07) is 3.42. The molecule has 1 aromatic carbocycles. The Hall–Kier alpha value is -1.13. The molecule has 18 heavy (non-hydrogen) atoms. The van der Waals surface area contributed by atoms with Gasteiger partial charge in [0.1, 0.15) is 0 Å². The second kappa shape index (κ2) is 4.52. The third-order valence-corrected chi connectivity index (χ3v) is 3.78. The molecule has 1 aliphatic heterocycles. The van der Waals surface area contributed by atoms with E-state index in [1.54, 1.807) is 12.3 Å². The molecule has 0 amide bonds. The van der Waals surface area contributed by atoms with Crippen LogP contribution >= 0.6 is 11.6 Å². The summed E-state index contributed by atoms with van der Waals surface area (Å²) in [7, 11) is 0. The molecule has 1 atom stereocenters. The van der Waals surface area contributed by atoms with Crippen LogP contribution in [0, 0.1) is 11.6 Å². The fourth-order valence-electron chi connectivity index (χ4n) is 2.60. The highest BCUT2D eigenvalue weighted by atomic mass is 35.5. The summed E-state index contributed by atoms with van der Waals surface area (Å²) in [5.41, 5.74) is 0.311. The molecular weight excluding hydrogens is 258 g/mol. The largest absolute Gasteiger partial charge is 0.341 e. The zero-order valence-corrected chi connectivity index (χ0v) is 10.5. The van der Waals surface area contributed by atoms with Crippen LogP contribution in [0.4, 0.5) is 8.78 Å². The summed E-state index contributed by atoms with van der Waals surface area (Å²) in [6.07, 6.45) is 3.82. The third-order valence-electron chi connectivity index (χ3n) is 3.50. The van der Waals surface area contributed by atoms with Crippen molar-refractivity contribution < 1.29 is 8.78 Å². The highest BCUT2D eigenvalue weighted by Gasteiger charge is 2.21. The molecule has 5 heteroatoms. The Morgan fingerprint density at radius 3 is 2.89 bits per heavy atom. The molecule has 0 radical (unpaired) electrons. The van der Waals surface area contributed by atoms with E-state index in [-0.39, 0.29) is 11.1 Å². The second-order valence-electron chi connectivity index (χ2n) is 4.65. The van der Waals surface area contributed by atoms with E-state index in [4.69, 9.17) is 11.6 Å². The Bertz CT molecular complexity index is 588. The van der Waals surface area contributed by atoms with Crippen molar-refractivity contribution in [2.45, 2.75) is 18.9 Å². The number of aromatic nitrogens is 1. The van der Waals surface area contributed by atoms with Crippen molar-refractivity contribution in [3.8, 4) is 0 Å². The first-order valence-electron chi connectivity index (χ1n) is 6.03. The van der Waals surface area contributed by atoms with E-state index < -0.39 is 11.6 Å². The molecular formula is C13H13ClF2N2. The van der Waals surface area contributed by atoms with Crippen molar-refractivity contribution in [3.05, 3.63) is 35.0 Å². The molecule has 1 aliphatic rings. The van der Waals surface area contributed by atoms with Crippen LogP contribution < -0.4 is 5.32 Å². The fourth-order valence-corrected chi connectivity index (χ4v) is 2.80. The maximum atomic E-state index is 14.0. The maximum Gasteiger partial charge on any atom is 0.184 e. The van der Waals surface area contributed by atoms with Gasteiger partial charge in [0.15, 0.2) is 11.6 Å². The summed E-state index contributed by atoms with van der Waals surface area (Å²) in [5, 5.41) is 3.75. The van der Waals surface area contributed by atoms with E-state index in [1.807, 2.05) is 4.57 Å². The van der Waals surface area contributed by atoms with Gasteiger partial charge in [0.25, 0.3) is 0 Å². The van der Waals surface area contributed by atoms with Crippen LogP contribution in [0.3, 0.4) is 0 Å². The molecule has 96 valence electrons. The van der Waals surface area contributed by atoms with Crippen LogP contribution in [0.1, 0.15) is 18.9 Å². The molecule has 2 heterocycles. The van der Waals surface area contributed by atoms with Crippen molar-refractivity contribution in [2.24, 2.45) is 0 Å². The van der Waals surface area contributed by atoms with E-state index in [1.165, 1.54) is 6.07 Å². The first-order chi connectivity index (χ1) is 8.68. The summed E-state index contributed by atoms with van der Waals surface area (Å²) in [5.74, 6) is -1.82. The van der Waals surface area contributed by atoms with Gasteiger partial charge in [-0.3, -0.25) is 0 Å². The molecule has 0 bridgehead atoms. The molecule has 1 N–H and O–H groups in total. The first kappa shape index (κ1) is 11.9. The maximum absolute atomic E-state index is 14.0. The van der Waals surface area contributed by atoms with Gasteiger partial charge >= 0.3 is 0 Å². The van der Waals surface area contributed by atoms with Crippen LogP contribution in [0.2, 0.25) is 5.02 Å². The van der Waals surface area contributed by atoms with E-state index in [9.17, 15) is 8.78 Å². The Kier molecular flexibility index (Phi) is 2.99. The van der Waals surface area contributed by atoms with Gasteiger partial charge in [-0.05, 0) is 31.5 Å². The lowest BCUT2D eigenvalue weighted by molar-refractivity contribution is 0.376. The average molecular weight is 271 g/mol. The van der Waals surface area contributed by atoms with Crippen LogP contribution in [-0.2, 0) is 0 Å². The molecule has 0 aliphatic carbocycles. The molecule has 3 rings (SSSR count). The quantitative estimate of drug-likeness (QED) is 0.785. The first-order valence-corrected chi connectivity index (χ1v) is 6.41. The predicted molar refractivity (Wildman–Crippen MR) is 68.0 cm³/mol. The highest BCUT2D eigenvalue weighted by Crippen LogP contribution is 2.31. The monoisotopic (exact) mass is 270 g/mol. The van der Waals surface area contributed by atoms with E-state index in [2.05, 4.69) is 5.32 Å². The van der Waals surface area contributed by atoms with Crippen molar-refractivity contribution in [2.75, 3.05) is 13.1 Å². The van der Waals surface area contributed by atoms with Crippen LogP contribution in [-0.4, -0.2) is 17.7 Å². The van der Waals surface area contributed by atoms with Gasteiger partial charge < -0.3 is 9.88 Å². The predicted octanol–water partition coefficient (Wildman–Crippen LogP) is 3.50.